The van der Waals surface area contributed by atoms with E-state index in [2.05, 4.69) is 39.9 Å². The fraction of sp³-hybridized carbons (Fsp3) is 0.263. The summed E-state index contributed by atoms with van der Waals surface area (Å²) in [7, 11) is 0. The second-order valence-corrected chi connectivity index (χ2v) is 5.95. The highest BCUT2D eigenvalue weighted by molar-refractivity contribution is 5.77. The molecule has 0 radical (unpaired) electrons. The minimum atomic E-state index is 0.760. The van der Waals surface area contributed by atoms with E-state index in [-0.39, 0.29) is 0 Å². The molecule has 0 saturated heterocycles. The molecule has 0 bridgehead atoms. The lowest BCUT2D eigenvalue weighted by Crippen LogP contribution is -2.16. The Morgan fingerprint density at radius 3 is 2.48 bits per heavy atom. The van der Waals surface area contributed by atoms with Gasteiger partial charge in [0.25, 0.3) is 0 Å². The maximum Gasteiger partial charge on any atom is 0.145 e. The summed E-state index contributed by atoms with van der Waals surface area (Å²) in [5.74, 6) is 0.827. The van der Waals surface area contributed by atoms with Gasteiger partial charge in [0.15, 0.2) is 0 Å². The Morgan fingerprint density at radius 2 is 1.70 bits per heavy atom. The third kappa shape index (κ3) is 3.17. The van der Waals surface area contributed by atoms with Crippen molar-refractivity contribution in [1.82, 2.24) is 15.3 Å². The fourth-order valence-electron chi connectivity index (χ4n) is 3.06. The summed E-state index contributed by atoms with van der Waals surface area (Å²) in [6.45, 7) is 2.84. The van der Waals surface area contributed by atoms with Crippen molar-refractivity contribution in [2.75, 3.05) is 18.4 Å². The fourth-order valence-corrected chi connectivity index (χ4v) is 3.06. The number of fused-ring (bicyclic) bond motifs is 2. The first-order valence-electron chi connectivity index (χ1n) is 8.15. The van der Waals surface area contributed by atoms with Gasteiger partial charge in [-0.05, 0) is 54.8 Å². The lowest BCUT2D eigenvalue weighted by molar-refractivity contribution is 0.711. The number of nitrogens with zero attached hydrogens (tertiary/aromatic N) is 2. The summed E-state index contributed by atoms with van der Waals surface area (Å²) in [6, 6.07) is 14.7. The van der Waals surface area contributed by atoms with Crippen LogP contribution in [0.2, 0.25) is 0 Å². The number of anilines is 1. The van der Waals surface area contributed by atoms with Crippen molar-refractivity contribution < 1.29 is 0 Å². The van der Waals surface area contributed by atoms with Crippen molar-refractivity contribution in [2.45, 2.75) is 19.4 Å². The second-order valence-electron chi connectivity index (χ2n) is 5.95. The van der Waals surface area contributed by atoms with Crippen LogP contribution in [0.3, 0.4) is 0 Å². The Kier molecular flexibility index (Phi) is 3.90. The van der Waals surface area contributed by atoms with Crippen LogP contribution in [0.15, 0.2) is 48.7 Å². The van der Waals surface area contributed by atoms with Gasteiger partial charge >= 0.3 is 0 Å². The van der Waals surface area contributed by atoms with Crippen LogP contribution in [0.5, 0.6) is 0 Å². The van der Waals surface area contributed by atoms with E-state index in [1.807, 2.05) is 24.4 Å². The molecule has 1 aliphatic heterocycles. The summed E-state index contributed by atoms with van der Waals surface area (Å²) < 4.78 is 0. The molecule has 0 unspecified atom stereocenters. The molecule has 1 aromatic heterocycles. The van der Waals surface area contributed by atoms with E-state index in [1.54, 1.807) is 0 Å². The van der Waals surface area contributed by atoms with E-state index in [0.29, 0.717) is 0 Å². The SMILES string of the molecule is c1ccc(CNc2cnc3cc4c(cc3n2)CCNCC4)cc1. The average molecular weight is 304 g/mol. The molecule has 0 spiro atoms. The quantitative estimate of drug-likeness (QED) is 0.781. The van der Waals surface area contributed by atoms with Gasteiger partial charge in [0.05, 0.1) is 17.2 Å². The van der Waals surface area contributed by atoms with Crippen molar-refractivity contribution in [3.63, 3.8) is 0 Å². The third-order valence-electron chi connectivity index (χ3n) is 4.32. The van der Waals surface area contributed by atoms with Crippen molar-refractivity contribution in [3.05, 3.63) is 65.4 Å². The molecule has 0 amide bonds. The van der Waals surface area contributed by atoms with Crippen molar-refractivity contribution >= 4 is 16.9 Å². The van der Waals surface area contributed by atoms with E-state index in [9.17, 15) is 0 Å². The van der Waals surface area contributed by atoms with E-state index in [0.717, 1.165) is 49.3 Å². The molecule has 0 aliphatic carbocycles. The zero-order valence-electron chi connectivity index (χ0n) is 13.0. The molecule has 23 heavy (non-hydrogen) atoms. The van der Waals surface area contributed by atoms with Gasteiger partial charge in [0.2, 0.25) is 0 Å². The molecule has 0 fully saturated rings. The average Bonchev–Trinajstić information content (AvgIpc) is 2.83. The number of benzene rings is 2. The Labute approximate surface area is 136 Å². The minimum absolute atomic E-state index is 0.760. The first kappa shape index (κ1) is 14.2. The molecule has 3 aromatic rings. The highest BCUT2D eigenvalue weighted by atomic mass is 15.0. The van der Waals surface area contributed by atoms with Crippen LogP contribution in [0, 0.1) is 0 Å². The summed E-state index contributed by atoms with van der Waals surface area (Å²) in [6.07, 6.45) is 3.96. The standard InChI is InChI=1S/C19H20N4/c1-2-4-14(5-3-1)12-22-19-13-21-17-10-15-6-8-20-9-7-16(15)11-18(17)23-19/h1-5,10-11,13,20H,6-9,12H2,(H,22,23). The van der Waals surface area contributed by atoms with E-state index in [1.165, 1.54) is 16.7 Å². The molecular weight excluding hydrogens is 284 g/mol. The van der Waals surface area contributed by atoms with Crippen LogP contribution in [0.25, 0.3) is 11.0 Å². The van der Waals surface area contributed by atoms with Gasteiger partial charge in [-0.2, -0.15) is 0 Å². The molecule has 4 heteroatoms. The molecule has 116 valence electrons. The molecule has 4 rings (SSSR count). The van der Waals surface area contributed by atoms with Gasteiger partial charge < -0.3 is 10.6 Å². The maximum atomic E-state index is 4.73. The minimum Gasteiger partial charge on any atom is -0.365 e. The van der Waals surface area contributed by atoms with Crippen LogP contribution in [0.1, 0.15) is 16.7 Å². The Hall–Kier alpha value is -2.46. The molecular formula is C19H20N4. The first-order valence-corrected chi connectivity index (χ1v) is 8.15. The molecule has 0 saturated carbocycles. The zero-order chi connectivity index (χ0) is 15.5. The van der Waals surface area contributed by atoms with Gasteiger partial charge in [-0.3, -0.25) is 4.98 Å². The highest BCUT2D eigenvalue weighted by Crippen LogP contribution is 2.21. The topological polar surface area (TPSA) is 49.8 Å². The molecule has 4 nitrogen and oxygen atoms in total. The van der Waals surface area contributed by atoms with Crippen LogP contribution in [-0.4, -0.2) is 23.1 Å². The van der Waals surface area contributed by atoms with Crippen molar-refractivity contribution in [2.24, 2.45) is 0 Å². The highest BCUT2D eigenvalue weighted by Gasteiger charge is 2.10. The van der Waals surface area contributed by atoms with Crippen LogP contribution < -0.4 is 10.6 Å². The van der Waals surface area contributed by atoms with Gasteiger partial charge in [-0.1, -0.05) is 30.3 Å². The van der Waals surface area contributed by atoms with Gasteiger partial charge in [0, 0.05) is 6.54 Å². The number of hydrogen-bond donors (Lipinski definition) is 2. The molecule has 2 heterocycles. The van der Waals surface area contributed by atoms with Crippen LogP contribution in [-0.2, 0) is 19.4 Å². The number of aromatic nitrogens is 2. The van der Waals surface area contributed by atoms with Crippen LogP contribution >= 0.6 is 0 Å². The lowest BCUT2D eigenvalue weighted by Gasteiger charge is -2.09. The zero-order valence-corrected chi connectivity index (χ0v) is 13.0. The Bertz CT molecular complexity index is 814. The van der Waals surface area contributed by atoms with Crippen LogP contribution in [0.4, 0.5) is 5.82 Å². The van der Waals surface area contributed by atoms with E-state index < -0.39 is 0 Å². The number of nitrogens with one attached hydrogen (secondary N) is 2. The maximum absolute atomic E-state index is 4.73. The first-order chi connectivity index (χ1) is 11.4. The van der Waals surface area contributed by atoms with Gasteiger partial charge in [-0.15, -0.1) is 0 Å². The molecule has 0 atom stereocenters. The second kappa shape index (κ2) is 6.34. The Balaban J connectivity index is 1.60. The summed E-state index contributed by atoms with van der Waals surface area (Å²) in [4.78, 5) is 9.32. The molecule has 2 N–H and O–H groups in total. The summed E-state index contributed by atoms with van der Waals surface area (Å²) >= 11 is 0. The smallest absolute Gasteiger partial charge is 0.145 e. The summed E-state index contributed by atoms with van der Waals surface area (Å²) in [5, 5.41) is 6.80. The van der Waals surface area contributed by atoms with E-state index in [4.69, 9.17) is 4.98 Å². The monoisotopic (exact) mass is 304 g/mol. The predicted molar refractivity (Wildman–Crippen MR) is 93.6 cm³/mol. The van der Waals surface area contributed by atoms with Crippen molar-refractivity contribution in [1.29, 1.82) is 0 Å². The lowest BCUT2D eigenvalue weighted by atomic mass is 10.0. The molecule has 1 aliphatic rings. The molecule has 2 aromatic carbocycles. The predicted octanol–water partition coefficient (Wildman–Crippen LogP) is 2.93. The van der Waals surface area contributed by atoms with Gasteiger partial charge in [0.1, 0.15) is 5.82 Å². The normalized spacial score (nSPS) is 14.3. The number of rotatable bonds is 3. The Morgan fingerprint density at radius 1 is 0.957 bits per heavy atom. The third-order valence-corrected chi connectivity index (χ3v) is 4.32. The largest absolute Gasteiger partial charge is 0.365 e. The number of hydrogen-bond acceptors (Lipinski definition) is 4. The van der Waals surface area contributed by atoms with Gasteiger partial charge in [-0.25, -0.2) is 4.98 Å². The summed E-state index contributed by atoms with van der Waals surface area (Å²) in [5.41, 5.74) is 6.00. The van der Waals surface area contributed by atoms with E-state index >= 15 is 0 Å². The van der Waals surface area contributed by atoms with Crippen molar-refractivity contribution in [3.8, 4) is 0 Å².